The molecule has 1 heterocycles. The second-order valence-corrected chi connectivity index (χ2v) is 6.78. The standard InChI is InChI=1S/C17H10Cl2F4N4S/c18-10-2-1-8(5-11(10)19)24-17(28)25-14-3-4-27(26-14)7-9-15(22)12(20)6-13(21)16(9)23/h1-6H,7H2,(H2,24,25,26,28). The Hall–Kier alpha value is -2.36. The summed E-state index contributed by atoms with van der Waals surface area (Å²) in [5, 5.41) is 10.5. The summed E-state index contributed by atoms with van der Waals surface area (Å²) in [4.78, 5) is 0. The highest BCUT2D eigenvalue weighted by molar-refractivity contribution is 7.80. The first-order chi connectivity index (χ1) is 13.2. The SMILES string of the molecule is Fc1cc(F)c(F)c(Cn2ccc(NC(=S)Nc3ccc(Cl)c(Cl)c3)n2)c1F. The second-order valence-electron chi connectivity index (χ2n) is 5.55. The number of aromatic nitrogens is 2. The Kier molecular flexibility index (Phi) is 6.07. The predicted octanol–water partition coefficient (Wildman–Crippen LogP) is 5.60. The molecule has 2 aromatic carbocycles. The van der Waals surface area contributed by atoms with E-state index in [9.17, 15) is 17.6 Å². The summed E-state index contributed by atoms with van der Waals surface area (Å²) in [5.74, 6) is -5.66. The van der Waals surface area contributed by atoms with Gasteiger partial charge in [0.2, 0.25) is 0 Å². The second kappa shape index (κ2) is 8.34. The molecule has 0 radical (unpaired) electrons. The van der Waals surface area contributed by atoms with Gasteiger partial charge in [0.15, 0.2) is 34.2 Å². The first-order valence-corrected chi connectivity index (χ1v) is 8.79. The molecule has 2 N–H and O–H groups in total. The highest BCUT2D eigenvalue weighted by Gasteiger charge is 2.19. The van der Waals surface area contributed by atoms with Gasteiger partial charge in [0.1, 0.15) is 0 Å². The minimum atomic E-state index is -1.48. The number of nitrogens with one attached hydrogen (secondary N) is 2. The molecule has 0 bridgehead atoms. The van der Waals surface area contributed by atoms with Crippen LogP contribution in [-0.2, 0) is 6.54 Å². The van der Waals surface area contributed by atoms with Crippen molar-refractivity contribution in [3.63, 3.8) is 0 Å². The number of halogens is 6. The average molecular weight is 449 g/mol. The van der Waals surface area contributed by atoms with Crippen LogP contribution in [0.3, 0.4) is 0 Å². The Morgan fingerprint density at radius 2 is 1.64 bits per heavy atom. The molecule has 3 aromatic rings. The van der Waals surface area contributed by atoms with Crippen molar-refractivity contribution in [1.82, 2.24) is 9.78 Å². The number of nitrogens with zero attached hydrogens (tertiary/aromatic N) is 2. The van der Waals surface area contributed by atoms with E-state index in [0.717, 1.165) is 4.68 Å². The van der Waals surface area contributed by atoms with Crippen molar-refractivity contribution in [3.05, 3.63) is 75.4 Å². The van der Waals surface area contributed by atoms with Crippen molar-refractivity contribution in [2.45, 2.75) is 6.54 Å². The Balaban J connectivity index is 1.69. The van der Waals surface area contributed by atoms with Crippen LogP contribution in [0.5, 0.6) is 0 Å². The molecule has 0 aliphatic rings. The molecule has 3 rings (SSSR count). The van der Waals surface area contributed by atoms with Gasteiger partial charge < -0.3 is 10.6 Å². The maximum atomic E-state index is 13.8. The molecule has 0 saturated carbocycles. The fourth-order valence-corrected chi connectivity index (χ4v) is 2.81. The van der Waals surface area contributed by atoms with Crippen molar-refractivity contribution in [2.75, 3.05) is 10.6 Å². The van der Waals surface area contributed by atoms with E-state index < -0.39 is 35.4 Å². The van der Waals surface area contributed by atoms with Crippen LogP contribution < -0.4 is 10.6 Å². The Morgan fingerprint density at radius 3 is 2.29 bits per heavy atom. The molecule has 0 spiro atoms. The molecule has 0 aliphatic heterocycles. The zero-order valence-electron chi connectivity index (χ0n) is 13.7. The molecule has 146 valence electrons. The van der Waals surface area contributed by atoms with Crippen molar-refractivity contribution in [3.8, 4) is 0 Å². The minimum Gasteiger partial charge on any atom is -0.332 e. The van der Waals surface area contributed by atoms with Crippen LogP contribution in [0.25, 0.3) is 0 Å². The van der Waals surface area contributed by atoms with Crippen LogP contribution >= 0.6 is 35.4 Å². The van der Waals surface area contributed by atoms with Crippen LogP contribution in [0, 0.1) is 23.3 Å². The van der Waals surface area contributed by atoms with E-state index in [1.807, 2.05) is 0 Å². The molecule has 0 amide bonds. The Labute approximate surface area is 172 Å². The van der Waals surface area contributed by atoms with E-state index in [0.29, 0.717) is 15.7 Å². The van der Waals surface area contributed by atoms with Crippen LogP contribution in [0.15, 0.2) is 36.5 Å². The molecule has 0 saturated heterocycles. The molecule has 0 aliphatic carbocycles. The molecule has 4 nitrogen and oxygen atoms in total. The summed E-state index contributed by atoms with van der Waals surface area (Å²) in [6.07, 6.45) is 1.37. The zero-order valence-corrected chi connectivity index (χ0v) is 16.1. The molecule has 28 heavy (non-hydrogen) atoms. The fraction of sp³-hybridized carbons (Fsp3) is 0.0588. The van der Waals surface area contributed by atoms with E-state index in [1.165, 1.54) is 12.3 Å². The summed E-state index contributed by atoms with van der Waals surface area (Å²) >= 11 is 16.9. The summed E-state index contributed by atoms with van der Waals surface area (Å²) in [7, 11) is 0. The zero-order chi connectivity index (χ0) is 20.4. The molecule has 0 atom stereocenters. The lowest BCUT2D eigenvalue weighted by Gasteiger charge is -2.10. The van der Waals surface area contributed by atoms with E-state index in [4.69, 9.17) is 35.4 Å². The first kappa shape index (κ1) is 20.4. The van der Waals surface area contributed by atoms with Crippen molar-refractivity contribution in [1.29, 1.82) is 0 Å². The number of hydrogen-bond acceptors (Lipinski definition) is 2. The monoisotopic (exact) mass is 448 g/mol. The summed E-state index contributed by atoms with van der Waals surface area (Å²) in [6, 6.07) is 6.43. The fourth-order valence-electron chi connectivity index (χ4n) is 2.29. The Bertz CT molecular complexity index is 1030. The highest BCUT2D eigenvalue weighted by Crippen LogP contribution is 2.25. The van der Waals surface area contributed by atoms with Crippen LogP contribution in [0.2, 0.25) is 10.0 Å². The number of anilines is 2. The van der Waals surface area contributed by atoms with E-state index in [1.54, 1.807) is 18.2 Å². The van der Waals surface area contributed by atoms with Gasteiger partial charge in [0.05, 0.1) is 22.2 Å². The summed E-state index contributed by atoms with van der Waals surface area (Å²) in [5.41, 5.74) is -0.200. The topological polar surface area (TPSA) is 41.9 Å². The van der Waals surface area contributed by atoms with Gasteiger partial charge in [-0.25, -0.2) is 17.6 Å². The molecule has 1 aromatic heterocycles. The summed E-state index contributed by atoms with van der Waals surface area (Å²) < 4.78 is 55.2. The van der Waals surface area contributed by atoms with E-state index >= 15 is 0 Å². The van der Waals surface area contributed by atoms with Crippen LogP contribution in [0.4, 0.5) is 29.1 Å². The van der Waals surface area contributed by atoms with Crippen molar-refractivity contribution in [2.24, 2.45) is 0 Å². The number of hydrogen-bond donors (Lipinski definition) is 2. The van der Waals surface area contributed by atoms with Crippen LogP contribution in [0.1, 0.15) is 5.56 Å². The van der Waals surface area contributed by atoms with Crippen molar-refractivity contribution < 1.29 is 17.6 Å². The maximum absolute atomic E-state index is 13.8. The quantitative estimate of drug-likeness (QED) is 0.309. The van der Waals surface area contributed by atoms with Gasteiger partial charge >= 0.3 is 0 Å². The molecule has 11 heteroatoms. The van der Waals surface area contributed by atoms with Gasteiger partial charge in [-0.15, -0.1) is 0 Å². The molecule has 0 fully saturated rings. The normalized spacial score (nSPS) is 10.8. The van der Waals surface area contributed by atoms with E-state index in [2.05, 4.69) is 15.7 Å². The molecular formula is C17H10Cl2F4N4S. The number of benzene rings is 2. The maximum Gasteiger partial charge on any atom is 0.176 e. The molecular weight excluding hydrogens is 439 g/mol. The van der Waals surface area contributed by atoms with Gasteiger partial charge in [-0.05, 0) is 30.4 Å². The minimum absolute atomic E-state index is 0.150. The van der Waals surface area contributed by atoms with Gasteiger partial charge in [-0.3, -0.25) is 4.68 Å². The lowest BCUT2D eigenvalue weighted by atomic mass is 10.2. The number of thiocarbonyl (C=S) groups is 1. The highest BCUT2D eigenvalue weighted by atomic mass is 35.5. The molecule has 0 unspecified atom stereocenters. The smallest absolute Gasteiger partial charge is 0.176 e. The summed E-state index contributed by atoms with van der Waals surface area (Å²) in [6.45, 7) is -0.513. The van der Waals surface area contributed by atoms with Gasteiger partial charge in [-0.2, -0.15) is 5.10 Å². The lowest BCUT2D eigenvalue weighted by Crippen LogP contribution is -2.19. The lowest BCUT2D eigenvalue weighted by molar-refractivity contribution is 0.431. The van der Waals surface area contributed by atoms with Gasteiger partial charge in [0.25, 0.3) is 0 Å². The van der Waals surface area contributed by atoms with E-state index in [-0.39, 0.29) is 17.0 Å². The Morgan fingerprint density at radius 1 is 0.964 bits per heavy atom. The van der Waals surface area contributed by atoms with Crippen molar-refractivity contribution >= 4 is 52.0 Å². The third-order valence-electron chi connectivity index (χ3n) is 3.58. The van der Waals surface area contributed by atoms with Gasteiger partial charge in [-0.1, -0.05) is 23.2 Å². The third kappa shape index (κ3) is 4.54. The van der Waals surface area contributed by atoms with Gasteiger partial charge in [0, 0.05) is 24.0 Å². The largest absolute Gasteiger partial charge is 0.332 e. The number of rotatable bonds is 4. The predicted molar refractivity (Wildman–Crippen MR) is 104 cm³/mol. The third-order valence-corrected chi connectivity index (χ3v) is 4.53. The van der Waals surface area contributed by atoms with Crippen LogP contribution in [-0.4, -0.2) is 14.9 Å². The first-order valence-electron chi connectivity index (χ1n) is 7.63. The average Bonchev–Trinajstić information content (AvgIpc) is 3.07.